The number of amides is 1. The van der Waals surface area contributed by atoms with Crippen LogP contribution in [0.15, 0.2) is 53.5 Å². The van der Waals surface area contributed by atoms with E-state index in [0.29, 0.717) is 23.1 Å². The lowest BCUT2D eigenvalue weighted by Crippen LogP contribution is -2.38. The van der Waals surface area contributed by atoms with Crippen molar-refractivity contribution in [2.75, 3.05) is 26.2 Å². The van der Waals surface area contributed by atoms with Crippen LogP contribution in [0.4, 0.5) is 0 Å². The molecule has 2 heterocycles. The van der Waals surface area contributed by atoms with Crippen LogP contribution in [0.25, 0.3) is 0 Å². The van der Waals surface area contributed by atoms with E-state index in [2.05, 4.69) is 29.3 Å². The van der Waals surface area contributed by atoms with Gasteiger partial charge in [-0.3, -0.25) is 4.79 Å². The molecule has 140 valence electrons. The minimum absolute atomic E-state index is 0.0811. The Morgan fingerprint density at radius 2 is 1.93 bits per heavy atom. The molecule has 0 spiro atoms. The van der Waals surface area contributed by atoms with Crippen molar-refractivity contribution in [2.24, 2.45) is 10.9 Å². The van der Waals surface area contributed by atoms with Crippen LogP contribution in [0.2, 0.25) is 5.02 Å². The quantitative estimate of drug-likeness (QED) is 0.794. The monoisotopic (exact) mass is 382 g/mol. The summed E-state index contributed by atoms with van der Waals surface area (Å²) in [6.07, 6.45) is 3.11. The summed E-state index contributed by atoms with van der Waals surface area (Å²) in [5, 5.41) is 0.605. The predicted molar refractivity (Wildman–Crippen MR) is 108 cm³/mol. The highest BCUT2D eigenvalue weighted by atomic mass is 35.5. The number of likely N-dealkylation sites (tertiary alicyclic amines) is 1. The Bertz CT molecular complexity index is 840. The molecular formula is C22H23ClN2O2. The largest absolute Gasteiger partial charge is 0.476 e. The highest BCUT2D eigenvalue weighted by Crippen LogP contribution is 2.24. The van der Waals surface area contributed by atoms with Gasteiger partial charge in [0.25, 0.3) is 5.91 Å². The first-order chi connectivity index (χ1) is 13.2. The summed E-state index contributed by atoms with van der Waals surface area (Å²) in [5.41, 5.74) is 3.06. The average molecular weight is 383 g/mol. The highest BCUT2D eigenvalue weighted by molar-refractivity contribution is 6.30. The van der Waals surface area contributed by atoms with Crippen molar-refractivity contribution < 1.29 is 9.53 Å². The van der Waals surface area contributed by atoms with Gasteiger partial charge in [-0.2, -0.15) is 0 Å². The normalized spacial score (nSPS) is 17.5. The van der Waals surface area contributed by atoms with Crippen LogP contribution in [0.5, 0.6) is 0 Å². The number of hydrogen-bond donors (Lipinski definition) is 0. The third-order valence-corrected chi connectivity index (χ3v) is 5.52. The van der Waals surface area contributed by atoms with Gasteiger partial charge in [-0.05, 0) is 61.1 Å². The number of benzene rings is 2. The van der Waals surface area contributed by atoms with E-state index in [4.69, 9.17) is 16.3 Å². The van der Waals surface area contributed by atoms with Crippen LogP contribution in [0.3, 0.4) is 0 Å². The van der Waals surface area contributed by atoms with Crippen LogP contribution in [0, 0.1) is 5.92 Å². The molecule has 1 amide bonds. The summed E-state index contributed by atoms with van der Waals surface area (Å²) in [6, 6.07) is 15.7. The zero-order valence-corrected chi connectivity index (χ0v) is 16.0. The summed E-state index contributed by atoms with van der Waals surface area (Å²) in [4.78, 5) is 18.9. The molecule has 0 aromatic heterocycles. The predicted octanol–water partition coefficient (Wildman–Crippen LogP) is 4.21. The molecule has 2 aromatic carbocycles. The Hall–Kier alpha value is -2.33. The summed E-state index contributed by atoms with van der Waals surface area (Å²) < 4.78 is 5.51. The number of halogens is 1. The van der Waals surface area contributed by atoms with E-state index in [0.717, 1.165) is 50.4 Å². The molecule has 2 aliphatic rings. The number of aliphatic imine (C=N–C) groups is 1. The third-order valence-electron chi connectivity index (χ3n) is 5.28. The maximum Gasteiger partial charge on any atom is 0.253 e. The molecule has 0 saturated carbocycles. The molecule has 0 atom stereocenters. The molecular weight excluding hydrogens is 360 g/mol. The van der Waals surface area contributed by atoms with Crippen LogP contribution in [-0.4, -0.2) is 42.9 Å². The van der Waals surface area contributed by atoms with Crippen LogP contribution in [-0.2, 0) is 11.2 Å². The van der Waals surface area contributed by atoms with E-state index in [-0.39, 0.29) is 5.91 Å². The Kier molecular flexibility index (Phi) is 5.44. The van der Waals surface area contributed by atoms with Gasteiger partial charge in [-0.1, -0.05) is 29.8 Å². The third kappa shape index (κ3) is 4.33. The van der Waals surface area contributed by atoms with Crippen molar-refractivity contribution in [2.45, 2.75) is 19.3 Å². The molecule has 4 nitrogen and oxygen atoms in total. The van der Waals surface area contributed by atoms with Gasteiger partial charge in [-0.25, -0.2) is 4.99 Å². The van der Waals surface area contributed by atoms with Crippen molar-refractivity contribution in [3.63, 3.8) is 0 Å². The molecule has 2 aromatic rings. The molecule has 0 radical (unpaired) electrons. The van der Waals surface area contributed by atoms with E-state index < -0.39 is 0 Å². The first kappa shape index (κ1) is 18.1. The Morgan fingerprint density at radius 3 is 2.59 bits per heavy atom. The fraction of sp³-hybridized carbons (Fsp3) is 0.364. The van der Waals surface area contributed by atoms with Crippen molar-refractivity contribution in [1.82, 2.24) is 4.90 Å². The van der Waals surface area contributed by atoms with E-state index in [1.54, 1.807) is 12.1 Å². The van der Waals surface area contributed by atoms with Crippen molar-refractivity contribution in [1.29, 1.82) is 0 Å². The number of ether oxygens (including phenoxy) is 1. The summed E-state index contributed by atoms with van der Waals surface area (Å²) >= 11 is 6.01. The fourth-order valence-corrected chi connectivity index (χ4v) is 3.96. The number of rotatable bonds is 4. The Labute approximate surface area is 164 Å². The molecule has 0 aliphatic carbocycles. The van der Waals surface area contributed by atoms with Gasteiger partial charge in [0.2, 0.25) is 5.90 Å². The minimum Gasteiger partial charge on any atom is -0.476 e. The second-order valence-electron chi connectivity index (χ2n) is 7.18. The second kappa shape index (κ2) is 8.13. The van der Waals surface area contributed by atoms with E-state index >= 15 is 0 Å². The standard InChI is InChI=1S/C22H23ClN2O2/c23-20-3-1-2-19(15-20)22(26)25-11-8-17(9-12-25)14-16-4-6-18(7-5-16)21-24-10-13-27-21/h1-7,15,17H,8-14H2. The maximum absolute atomic E-state index is 12.6. The lowest BCUT2D eigenvalue weighted by atomic mass is 9.89. The summed E-state index contributed by atoms with van der Waals surface area (Å²) in [7, 11) is 0. The van der Waals surface area contributed by atoms with Crippen molar-refractivity contribution in [3.05, 3.63) is 70.2 Å². The second-order valence-corrected chi connectivity index (χ2v) is 7.62. The molecule has 0 unspecified atom stereocenters. The Morgan fingerprint density at radius 1 is 1.15 bits per heavy atom. The van der Waals surface area contributed by atoms with Gasteiger partial charge in [-0.15, -0.1) is 0 Å². The van der Waals surface area contributed by atoms with E-state index in [1.165, 1.54) is 5.56 Å². The lowest BCUT2D eigenvalue weighted by Gasteiger charge is -2.32. The molecule has 0 N–H and O–H groups in total. The number of carbonyl (C=O) groups excluding carboxylic acids is 1. The zero-order chi connectivity index (χ0) is 18.6. The lowest BCUT2D eigenvalue weighted by molar-refractivity contribution is 0.0690. The van der Waals surface area contributed by atoms with Gasteiger partial charge < -0.3 is 9.64 Å². The van der Waals surface area contributed by atoms with Gasteiger partial charge in [0.15, 0.2) is 0 Å². The summed E-state index contributed by atoms with van der Waals surface area (Å²) in [5.74, 6) is 1.45. The Balaban J connectivity index is 1.31. The number of nitrogens with zero attached hydrogens (tertiary/aromatic N) is 2. The van der Waals surface area contributed by atoms with Gasteiger partial charge in [0.1, 0.15) is 6.61 Å². The smallest absolute Gasteiger partial charge is 0.253 e. The van der Waals surface area contributed by atoms with Crippen molar-refractivity contribution >= 4 is 23.4 Å². The van der Waals surface area contributed by atoms with Gasteiger partial charge in [0, 0.05) is 29.2 Å². The van der Waals surface area contributed by atoms with E-state index in [9.17, 15) is 4.79 Å². The zero-order valence-electron chi connectivity index (χ0n) is 15.2. The molecule has 2 aliphatic heterocycles. The minimum atomic E-state index is 0.0811. The van der Waals surface area contributed by atoms with E-state index in [1.807, 2.05) is 17.0 Å². The number of carbonyl (C=O) groups is 1. The van der Waals surface area contributed by atoms with Crippen LogP contribution >= 0.6 is 11.6 Å². The molecule has 5 heteroatoms. The molecule has 1 fully saturated rings. The maximum atomic E-state index is 12.6. The molecule has 27 heavy (non-hydrogen) atoms. The van der Waals surface area contributed by atoms with Crippen LogP contribution < -0.4 is 0 Å². The van der Waals surface area contributed by atoms with Crippen molar-refractivity contribution in [3.8, 4) is 0 Å². The first-order valence-electron chi connectivity index (χ1n) is 9.50. The average Bonchev–Trinajstić information content (AvgIpc) is 3.23. The molecule has 4 rings (SSSR count). The number of piperidine rings is 1. The molecule has 1 saturated heterocycles. The fourth-order valence-electron chi connectivity index (χ4n) is 3.77. The first-order valence-corrected chi connectivity index (χ1v) is 9.88. The van der Waals surface area contributed by atoms with Gasteiger partial charge in [0.05, 0.1) is 6.54 Å². The highest BCUT2D eigenvalue weighted by Gasteiger charge is 2.24. The summed E-state index contributed by atoms with van der Waals surface area (Å²) in [6.45, 7) is 3.05. The van der Waals surface area contributed by atoms with Gasteiger partial charge >= 0.3 is 0 Å². The molecule has 0 bridgehead atoms. The van der Waals surface area contributed by atoms with Crippen LogP contribution in [0.1, 0.15) is 34.3 Å². The SMILES string of the molecule is O=C(c1cccc(Cl)c1)N1CCC(Cc2ccc(C3=NCCO3)cc2)CC1. The number of hydrogen-bond acceptors (Lipinski definition) is 3. The topological polar surface area (TPSA) is 41.9 Å².